The Kier molecular flexibility index (Phi) is 7.37. The lowest BCUT2D eigenvalue weighted by Crippen LogP contribution is -2.43. The van der Waals surface area contributed by atoms with Crippen molar-refractivity contribution in [1.82, 2.24) is 20.1 Å². The summed E-state index contributed by atoms with van der Waals surface area (Å²) in [7, 11) is 0. The topological polar surface area (TPSA) is 109 Å². The number of amides is 1. The summed E-state index contributed by atoms with van der Waals surface area (Å²) in [6, 6.07) is 7.43. The summed E-state index contributed by atoms with van der Waals surface area (Å²) in [4.78, 5) is 31.7. The minimum Gasteiger partial charge on any atom is -0.465 e. The number of carbonyl (C=O) groups is 2. The molecule has 174 valence electrons. The number of piperidine rings is 1. The van der Waals surface area contributed by atoms with Crippen molar-refractivity contribution in [3.63, 3.8) is 0 Å². The maximum Gasteiger partial charge on any atom is 0.410 e. The molecule has 2 aromatic rings. The van der Waals surface area contributed by atoms with Crippen LogP contribution in [0.4, 0.5) is 16.4 Å². The van der Waals surface area contributed by atoms with Crippen molar-refractivity contribution in [3.05, 3.63) is 35.7 Å². The first-order chi connectivity index (χ1) is 15.2. The van der Waals surface area contributed by atoms with E-state index in [1.165, 1.54) is 0 Å². The van der Waals surface area contributed by atoms with Gasteiger partial charge in [-0.2, -0.15) is 5.10 Å². The maximum absolute atomic E-state index is 12.9. The van der Waals surface area contributed by atoms with Crippen LogP contribution < -0.4 is 5.32 Å². The summed E-state index contributed by atoms with van der Waals surface area (Å²) in [5.74, 6) is 0.491. The molecule has 9 nitrogen and oxygen atoms in total. The molecule has 1 fully saturated rings. The summed E-state index contributed by atoms with van der Waals surface area (Å²) in [6.45, 7) is 10.6. The molecule has 0 aliphatic carbocycles. The number of aryl methyl sites for hydroxylation is 1. The minimum atomic E-state index is -0.536. The number of rotatable bonds is 6. The second kappa shape index (κ2) is 10.0. The largest absolute Gasteiger partial charge is 0.465 e. The fourth-order valence-corrected chi connectivity index (χ4v) is 3.84. The first kappa shape index (κ1) is 23.6. The second-order valence-electron chi connectivity index (χ2n) is 9.04. The highest BCUT2D eigenvalue weighted by atomic mass is 16.6. The lowest BCUT2D eigenvalue weighted by atomic mass is 9.82. The van der Waals surface area contributed by atoms with Gasteiger partial charge in [-0.15, -0.1) is 0 Å². The lowest BCUT2D eigenvalue weighted by molar-refractivity contribution is -0.147. The third kappa shape index (κ3) is 6.21. The van der Waals surface area contributed by atoms with Crippen LogP contribution in [0.5, 0.6) is 0 Å². The van der Waals surface area contributed by atoms with Gasteiger partial charge in [-0.1, -0.05) is 6.07 Å². The molecule has 0 radical (unpaired) electrons. The van der Waals surface area contributed by atoms with E-state index in [4.69, 9.17) is 9.47 Å². The zero-order valence-electron chi connectivity index (χ0n) is 19.5. The zero-order valence-corrected chi connectivity index (χ0v) is 19.5. The molecule has 0 aromatic carbocycles. The van der Waals surface area contributed by atoms with E-state index in [-0.39, 0.29) is 18.0 Å². The molecule has 32 heavy (non-hydrogen) atoms. The highest BCUT2D eigenvalue weighted by Crippen LogP contribution is 2.34. The van der Waals surface area contributed by atoms with Crippen LogP contribution >= 0.6 is 0 Å². The van der Waals surface area contributed by atoms with Gasteiger partial charge < -0.3 is 19.7 Å². The van der Waals surface area contributed by atoms with Gasteiger partial charge in [0.05, 0.1) is 12.3 Å². The highest BCUT2D eigenvalue weighted by Gasteiger charge is 2.36. The SMILES string of the molecule is CCOC(=O)[C@H](c1cccc(Nc2cc(C)[nH]n2)n1)C1CCN(C(=O)OC(C)(C)C)CC1. The maximum atomic E-state index is 12.9. The molecule has 3 heterocycles. The Morgan fingerprint density at radius 3 is 2.56 bits per heavy atom. The molecule has 9 heteroatoms. The van der Waals surface area contributed by atoms with Gasteiger partial charge in [0, 0.05) is 24.8 Å². The Bertz CT molecular complexity index is 928. The number of carbonyl (C=O) groups excluding carboxylic acids is 2. The third-order valence-corrected chi connectivity index (χ3v) is 5.25. The number of anilines is 2. The predicted molar refractivity (Wildman–Crippen MR) is 121 cm³/mol. The zero-order chi connectivity index (χ0) is 23.3. The van der Waals surface area contributed by atoms with E-state index in [1.54, 1.807) is 11.8 Å². The number of hydrogen-bond donors (Lipinski definition) is 2. The first-order valence-electron chi connectivity index (χ1n) is 11.1. The molecule has 2 aromatic heterocycles. The molecule has 1 aliphatic rings. The predicted octanol–water partition coefficient (Wildman–Crippen LogP) is 4.15. The number of ether oxygens (including phenoxy) is 2. The standard InChI is InChI=1S/C23H33N5O4/c1-6-31-21(29)20(16-10-12-28(13-11-16)22(30)32-23(3,4)5)17-8-7-9-18(24-17)25-19-14-15(2)26-27-19/h7-9,14,16,20H,6,10-13H2,1-5H3,(H2,24,25,26,27)/t20-/m0/s1. The van der Waals surface area contributed by atoms with Crippen LogP contribution in [0.1, 0.15) is 57.8 Å². The van der Waals surface area contributed by atoms with Crippen LogP contribution in [-0.2, 0) is 14.3 Å². The number of H-pyrrole nitrogens is 1. The van der Waals surface area contributed by atoms with Crippen molar-refractivity contribution in [1.29, 1.82) is 0 Å². The minimum absolute atomic E-state index is 0.0168. The van der Waals surface area contributed by atoms with E-state index in [0.29, 0.717) is 49.9 Å². The van der Waals surface area contributed by atoms with Crippen molar-refractivity contribution in [2.75, 3.05) is 25.0 Å². The van der Waals surface area contributed by atoms with Gasteiger partial charge in [0.15, 0.2) is 5.82 Å². The molecule has 0 unspecified atom stereocenters. The average Bonchev–Trinajstić information content (AvgIpc) is 3.12. The number of pyridine rings is 1. The number of nitrogens with one attached hydrogen (secondary N) is 2. The Morgan fingerprint density at radius 2 is 1.97 bits per heavy atom. The second-order valence-corrected chi connectivity index (χ2v) is 9.04. The lowest BCUT2D eigenvalue weighted by Gasteiger charge is -2.35. The Labute approximate surface area is 188 Å². The molecule has 1 saturated heterocycles. The Morgan fingerprint density at radius 1 is 1.25 bits per heavy atom. The average molecular weight is 444 g/mol. The number of esters is 1. The molecule has 0 saturated carbocycles. The summed E-state index contributed by atoms with van der Waals surface area (Å²) in [6.07, 6.45) is 1.02. The smallest absolute Gasteiger partial charge is 0.410 e. The van der Waals surface area contributed by atoms with Crippen molar-refractivity contribution < 1.29 is 19.1 Å². The number of likely N-dealkylation sites (tertiary alicyclic amines) is 1. The molecule has 0 bridgehead atoms. The number of aromatic amines is 1. The first-order valence-corrected chi connectivity index (χ1v) is 11.1. The van der Waals surface area contributed by atoms with Crippen LogP contribution in [-0.4, -0.2) is 57.4 Å². The summed E-state index contributed by atoms with van der Waals surface area (Å²) >= 11 is 0. The quantitative estimate of drug-likeness (QED) is 0.645. The fourth-order valence-electron chi connectivity index (χ4n) is 3.84. The summed E-state index contributed by atoms with van der Waals surface area (Å²) < 4.78 is 10.9. The number of hydrogen-bond acceptors (Lipinski definition) is 7. The van der Waals surface area contributed by atoms with E-state index < -0.39 is 11.5 Å². The Balaban J connectivity index is 1.74. The van der Waals surface area contributed by atoms with Crippen LogP contribution in [0.2, 0.25) is 0 Å². The molecule has 2 N–H and O–H groups in total. The Hall–Kier alpha value is -3.10. The van der Waals surface area contributed by atoms with E-state index in [1.807, 2.05) is 52.0 Å². The van der Waals surface area contributed by atoms with Gasteiger partial charge in [0.1, 0.15) is 17.3 Å². The van der Waals surface area contributed by atoms with Gasteiger partial charge in [0.2, 0.25) is 0 Å². The van der Waals surface area contributed by atoms with Crippen LogP contribution in [0.3, 0.4) is 0 Å². The summed E-state index contributed by atoms with van der Waals surface area (Å²) in [5, 5.41) is 10.2. The van der Waals surface area contributed by atoms with E-state index in [9.17, 15) is 9.59 Å². The molecule has 3 rings (SSSR count). The van der Waals surface area contributed by atoms with E-state index >= 15 is 0 Å². The molecule has 0 spiro atoms. The number of nitrogens with zero attached hydrogens (tertiary/aromatic N) is 3. The van der Waals surface area contributed by atoms with Gasteiger partial charge >= 0.3 is 12.1 Å². The molecular formula is C23H33N5O4. The van der Waals surface area contributed by atoms with E-state index in [2.05, 4.69) is 20.5 Å². The van der Waals surface area contributed by atoms with Gasteiger partial charge in [-0.3, -0.25) is 9.89 Å². The normalized spacial score (nSPS) is 15.8. The van der Waals surface area contributed by atoms with Crippen LogP contribution in [0, 0.1) is 12.8 Å². The van der Waals surface area contributed by atoms with Crippen molar-refractivity contribution in [3.8, 4) is 0 Å². The van der Waals surface area contributed by atoms with Crippen molar-refractivity contribution >= 4 is 23.7 Å². The fraction of sp³-hybridized carbons (Fsp3) is 0.565. The molecule has 1 atom stereocenters. The summed E-state index contributed by atoms with van der Waals surface area (Å²) in [5.41, 5.74) is 1.05. The van der Waals surface area contributed by atoms with Crippen molar-refractivity contribution in [2.45, 2.75) is 59.0 Å². The van der Waals surface area contributed by atoms with Crippen LogP contribution in [0.25, 0.3) is 0 Å². The number of aromatic nitrogens is 3. The molecule has 1 amide bonds. The third-order valence-electron chi connectivity index (χ3n) is 5.25. The van der Waals surface area contributed by atoms with Gasteiger partial charge in [-0.25, -0.2) is 9.78 Å². The molecule has 1 aliphatic heterocycles. The van der Waals surface area contributed by atoms with Crippen molar-refractivity contribution in [2.24, 2.45) is 5.92 Å². The highest BCUT2D eigenvalue weighted by molar-refractivity contribution is 5.78. The molecular weight excluding hydrogens is 410 g/mol. The van der Waals surface area contributed by atoms with Crippen LogP contribution in [0.15, 0.2) is 24.3 Å². The van der Waals surface area contributed by atoms with Gasteiger partial charge in [0.25, 0.3) is 0 Å². The van der Waals surface area contributed by atoms with Gasteiger partial charge in [-0.05, 0) is 65.5 Å². The van der Waals surface area contributed by atoms with E-state index in [0.717, 1.165) is 5.69 Å². The monoisotopic (exact) mass is 443 g/mol.